The van der Waals surface area contributed by atoms with Gasteiger partial charge in [-0.15, -0.1) is 0 Å². The van der Waals surface area contributed by atoms with Crippen LogP contribution in [-0.4, -0.2) is 18.9 Å². The first-order valence-electron chi connectivity index (χ1n) is 4.39. The van der Waals surface area contributed by atoms with Crippen molar-refractivity contribution in [2.75, 3.05) is 0 Å². The number of hydrogen-bond donors (Lipinski definition) is 0. The van der Waals surface area contributed by atoms with E-state index in [4.69, 9.17) is 0 Å². The molecule has 78 valence electrons. The van der Waals surface area contributed by atoms with E-state index in [1.807, 2.05) is 13.8 Å². The van der Waals surface area contributed by atoms with Gasteiger partial charge in [0.25, 0.3) is 10.0 Å². The van der Waals surface area contributed by atoms with Crippen LogP contribution in [0.4, 0.5) is 0 Å². The highest BCUT2D eigenvalue weighted by molar-refractivity contribution is 7.91. The van der Waals surface area contributed by atoms with Crippen molar-refractivity contribution in [1.29, 1.82) is 0 Å². The van der Waals surface area contributed by atoms with E-state index in [-0.39, 0.29) is 5.92 Å². The Morgan fingerprint density at radius 3 is 1.85 bits per heavy atom. The molecule has 0 fully saturated rings. The molecule has 0 rings (SSSR count). The molecule has 0 aromatic carbocycles. The summed E-state index contributed by atoms with van der Waals surface area (Å²) in [5.41, 5.74) is 0.662. The molecule has 4 heteroatoms. The normalized spacial score (nSPS) is 15.2. The number of nitrogens with zero attached hydrogens (tertiary/aromatic N) is 1. The number of rotatable bonds is 2. The fourth-order valence-corrected chi connectivity index (χ4v) is 1.30. The highest BCUT2D eigenvalue weighted by Crippen LogP contribution is 2.18. The van der Waals surface area contributed by atoms with Gasteiger partial charge >= 0.3 is 0 Å². The summed E-state index contributed by atoms with van der Waals surface area (Å²) >= 11 is 0. The lowest BCUT2D eigenvalue weighted by Gasteiger charge is -2.16. The Morgan fingerprint density at radius 2 is 1.62 bits per heavy atom. The van der Waals surface area contributed by atoms with Crippen LogP contribution >= 0.6 is 0 Å². The molecule has 3 nitrogen and oxygen atoms in total. The van der Waals surface area contributed by atoms with Gasteiger partial charge in [0.1, 0.15) is 0 Å². The summed E-state index contributed by atoms with van der Waals surface area (Å²) in [6, 6.07) is 0. The van der Waals surface area contributed by atoms with Crippen molar-refractivity contribution < 1.29 is 8.42 Å². The van der Waals surface area contributed by atoms with E-state index < -0.39 is 14.8 Å². The van der Waals surface area contributed by atoms with Crippen molar-refractivity contribution in [3.8, 4) is 0 Å². The van der Waals surface area contributed by atoms with Gasteiger partial charge in [-0.3, -0.25) is 0 Å². The quantitative estimate of drug-likeness (QED) is 0.649. The monoisotopic (exact) mass is 205 g/mol. The Morgan fingerprint density at radius 1 is 1.23 bits per heavy atom. The molecule has 0 unspecified atom stereocenters. The average Bonchev–Trinajstić information content (AvgIpc) is 1.83. The first-order valence-corrected chi connectivity index (χ1v) is 5.83. The van der Waals surface area contributed by atoms with Crippen LogP contribution in [-0.2, 0) is 10.0 Å². The minimum absolute atomic E-state index is 0.178. The summed E-state index contributed by atoms with van der Waals surface area (Å²) in [7, 11) is -3.35. The molecule has 0 saturated carbocycles. The molecule has 0 spiro atoms. The lowest BCUT2D eigenvalue weighted by Crippen LogP contribution is -2.27. The van der Waals surface area contributed by atoms with E-state index in [2.05, 4.69) is 4.40 Å². The molecule has 0 radical (unpaired) electrons. The van der Waals surface area contributed by atoms with E-state index in [1.165, 1.54) is 0 Å². The van der Waals surface area contributed by atoms with Crippen molar-refractivity contribution in [2.45, 2.75) is 46.3 Å². The van der Waals surface area contributed by atoms with Crippen molar-refractivity contribution in [3.05, 3.63) is 0 Å². The first kappa shape index (κ1) is 12.6. The Kier molecular flexibility index (Phi) is 3.67. The van der Waals surface area contributed by atoms with Gasteiger partial charge in [0.15, 0.2) is 0 Å². The third kappa shape index (κ3) is 3.46. The second-order valence-corrected chi connectivity index (χ2v) is 6.83. The van der Waals surface area contributed by atoms with E-state index in [9.17, 15) is 8.42 Å². The first-order chi connectivity index (χ1) is 5.58. The van der Waals surface area contributed by atoms with Crippen LogP contribution in [0.15, 0.2) is 4.40 Å². The summed E-state index contributed by atoms with van der Waals surface area (Å²) < 4.78 is 26.1. The van der Waals surface area contributed by atoms with Crippen LogP contribution in [0.3, 0.4) is 0 Å². The highest BCUT2D eigenvalue weighted by Gasteiger charge is 2.28. The van der Waals surface area contributed by atoms with Gasteiger partial charge in [0.2, 0.25) is 0 Å². The standard InChI is InChI=1S/C9H19NO2S/c1-7(2)8(3)10-13(11,12)9(4,5)6/h7H,1-6H3. The maximum Gasteiger partial charge on any atom is 0.257 e. The fraction of sp³-hybridized carbons (Fsp3) is 0.889. The van der Waals surface area contributed by atoms with Crippen LogP contribution < -0.4 is 0 Å². The Hall–Kier alpha value is -0.380. The highest BCUT2D eigenvalue weighted by atomic mass is 32.2. The van der Waals surface area contributed by atoms with Crippen molar-refractivity contribution in [1.82, 2.24) is 0 Å². The molecule has 0 aliphatic rings. The average molecular weight is 205 g/mol. The van der Waals surface area contributed by atoms with Crippen LogP contribution in [0.2, 0.25) is 0 Å². The van der Waals surface area contributed by atoms with E-state index in [1.54, 1.807) is 27.7 Å². The van der Waals surface area contributed by atoms with Gasteiger partial charge in [-0.1, -0.05) is 13.8 Å². The molecule has 0 aliphatic carbocycles. The van der Waals surface area contributed by atoms with Gasteiger partial charge in [-0.25, -0.2) is 8.42 Å². The zero-order chi connectivity index (χ0) is 10.9. The summed E-state index contributed by atoms with van der Waals surface area (Å²) in [6.07, 6.45) is 0. The van der Waals surface area contributed by atoms with Gasteiger partial charge in [0, 0.05) is 5.71 Å². The van der Waals surface area contributed by atoms with Gasteiger partial charge in [-0.05, 0) is 33.6 Å². The molecule has 0 heterocycles. The fourth-order valence-electron chi connectivity index (χ4n) is 0.432. The van der Waals surface area contributed by atoms with E-state index in [0.717, 1.165) is 0 Å². The molecule has 0 saturated heterocycles. The third-order valence-electron chi connectivity index (χ3n) is 1.87. The summed E-state index contributed by atoms with van der Waals surface area (Å²) in [6.45, 7) is 10.6. The maximum atomic E-state index is 11.6. The van der Waals surface area contributed by atoms with Crippen LogP contribution in [0.1, 0.15) is 41.5 Å². The Labute approximate surface area is 81.3 Å². The molecule has 0 aromatic rings. The van der Waals surface area contributed by atoms with E-state index >= 15 is 0 Å². The minimum Gasteiger partial charge on any atom is -0.204 e. The Bertz CT molecular complexity index is 294. The summed E-state index contributed by atoms with van der Waals surface area (Å²) in [5.74, 6) is 0.178. The SMILES string of the molecule is CC(=NS(=O)(=O)C(C)(C)C)C(C)C. The van der Waals surface area contributed by atoms with Crippen LogP contribution in [0.25, 0.3) is 0 Å². The molecule has 0 amide bonds. The van der Waals surface area contributed by atoms with Crippen LogP contribution in [0, 0.1) is 5.92 Å². The molecule has 0 atom stereocenters. The lowest BCUT2D eigenvalue weighted by atomic mass is 10.1. The second kappa shape index (κ2) is 3.78. The van der Waals surface area contributed by atoms with Crippen molar-refractivity contribution in [2.24, 2.45) is 10.3 Å². The molecule has 0 aliphatic heterocycles. The predicted molar refractivity (Wildman–Crippen MR) is 56.6 cm³/mol. The third-order valence-corrected chi connectivity index (χ3v) is 3.95. The smallest absolute Gasteiger partial charge is 0.204 e. The topological polar surface area (TPSA) is 46.5 Å². The van der Waals surface area contributed by atoms with Crippen molar-refractivity contribution in [3.63, 3.8) is 0 Å². The summed E-state index contributed by atoms with van der Waals surface area (Å²) in [4.78, 5) is 0. The van der Waals surface area contributed by atoms with Crippen LogP contribution in [0.5, 0.6) is 0 Å². The number of sulfonamides is 1. The van der Waals surface area contributed by atoms with Gasteiger partial charge in [-0.2, -0.15) is 4.40 Å². The molecular weight excluding hydrogens is 186 g/mol. The molecule has 0 bridgehead atoms. The maximum absolute atomic E-state index is 11.6. The second-order valence-electron chi connectivity index (χ2n) is 4.47. The summed E-state index contributed by atoms with van der Waals surface area (Å²) in [5, 5.41) is 0. The molecule has 13 heavy (non-hydrogen) atoms. The molecular formula is C9H19NO2S. The van der Waals surface area contributed by atoms with Crippen molar-refractivity contribution >= 4 is 15.7 Å². The zero-order valence-electron chi connectivity index (χ0n) is 9.25. The molecule has 0 aromatic heterocycles. The minimum atomic E-state index is -3.35. The zero-order valence-corrected chi connectivity index (χ0v) is 10.1. The van der Waals surface area contributed by atoms with Gasteiger partial charge < -0.3 is 0 Å². The van der Waals surface area contributed by atoms with Gasteiger partial charge in [0.05, 0.1) is 4.75 Å². The lowest BCUT2D eigenvalue weighted by molar-refractivity contribution is 0.562. The predicted octanol–water partition coefficient (Wildman–Crippen LogP) is 2.23. The number of hydrogen-bond acceptors (Lipinski definition) is 2. The largest absolute Gasteiger partial charge is 0.257 e. The Balaban J connectivity index is 5.03. The molecule has 0 N–H and O–H groups in total. The van der Waals surface area contributed by atoms with E-state index in [0.29, 0.717) is 5.71 Å².